The van der Waals surface area contributed by atoms with Gasteiger partial charge in [-0.3, -0.25) is 0 Å². The van der Waals surface area contributed by atoms with E-state index in [0.717, 1.165) is 0 Å². The molecule has 0 spiro atoms. The van der Waals surface area contributed by atoms with Gasteiger partial charge < -0.3 is 9.11 Å². The summed E-state index contributed by atoms with van der Waals surface area (Å²) in [4.78, 5) is 0.0648. The van der Waals surface area contributed by atoms with Gasteiger partial charge in [-0.05, 0) is 12.1 Å². The molecule has 4 heteroatoms. The van der Waals surface area contributed by atoms with Crippen LogP contribution in [0.15, 0.2) is 35.2 Å². The van der Waals surface area contributed by atoms with Crippen LogP contribution in [0.2, 0.25) is 0 Å². The number of thiol groups is 1. The monoisotopic (exact) mass is 160 g/mol. The molecule has 2 N–H and O–H groups in total. The van der Waals surface area contributed by atoms with Gasteiger partial charge in [-0.15, -0.1) is 0 Å². The SMILES string of the molecule is O=[SH](O)(O)c1ccccc1. The number of rotatable bonds is 1. The van der Waals surface area contributed by atoms with Gasteiger partial charge in [-0.2, -0.15) is 0 Å². The van der Waals surface area contributed by atoms with Crippen LogP contribution in [0.25, 0.3) is 0 Å². The number of benzene rings is 1. The van der Waals surface area contributed by atoms with Gasteiger partial charge in [-0.1, -0.05) is 18.2 Å². The summed E-state index contributed by atoms with van der Waals surface area (Å²) in [5.41, 5.74) is 0. The van der Waals surface area contributed by atoms with Gasteiger partial charge in [0.15, 0.2) is 0 Å². The van der Waals surface area contributed by atoms with E-state index in [9.17, 15) is 4.21 Å². The summed E-state index contributed by atoms with van der Waals surface area (Å²) in [6.45, 7) is 0. The van der Waals surface area contributed by atoms with Crippen molar-refractivity contribution in [3.8, 4) is 0 Å². The Bertz CT molecular complexity index is 251. The molecule has 10 heavy (non-hydrogen) atoms. The standard InChI is InChI=1S/C6H8O3S/c7-10(8,9)6-4-2-1-3-5-6/h1-5,10H,(H2,7,8,9). The van der Waals surface area contributed by atoms with Gasteiger partial charge in [-0.25, -0.2) is 4.21 Å². The second-order valence-electron chi connectivity index (χ2n) is 1.88. The third-order valence-corrected chi connectivity index (χ3v) is 2.06. The van der Waals surface area contributed by atoms with Gasteiger partial charge in [0.2, 0.25) is 0 Å². The fourth-order valence-electron chi connectivity index (χ4n) is 0.622. The summed E-state index contributed by atoms with van der Waals surface area (Å²) in [5.74, 6) is 0. The second-order valence-corrected chi connectivity index (χ2v) is 3.48. The molecule has 0 aliphatic heterocycles. The van der Waals surface area contributed by atoms with E-state index in [1.165, 1.54) is 12.1 Å². The number of hydrogen-bond donors (Lipinski definition) is 3. The van der Waals surface area contributed by atoms with Crippen molar-refractivity contribution in [1.29, 1.82) is 0 Å². The normalized spacial score (nSPS) is 13.0. The highest BCUT2D eigenvalue weighted by Gasteiger charge is 2.04. The summed E-state index contributed by atoms with van der Waals surface area (Å²) in [6, 6.07) is 7.70. The van der Waals surface area contributed by atoms with E-state index in [1.807, 2.05) is 0 Å². The molecule has 0 unspecified atom stereocenters. The smallest absolute Gasteiger partial charge is 0.0995 e. The quantitative estimate of drug-likeness (QED) is 0.537. The Kier molecular flexibility index (Phi) is 1.85. The van der Waals surface area contributed by atoms with Crippen LogP contribution in [-0.2, 0) is 10.5 Å². The molecule has 0 aliphatic rings. The number of hydrogen-bond acceptors (Lipinski definition) is 1. The maximum Gasteiger partial charge on any atom is 0.0995 e. The van der Waals surface area contributed by atoms with Crippen molar-refractivity contribution in [2.75, 3.05) is 0 Å². The first-order valence-corrected chi connectivity index (χ1v) is 4.33. The molecular formula is C6H8O3S. The highest BCUT2D eigenvalue weighted by Crippen LogP contribution is 2.10. The first kappa shape index (κ1) is 7.40. The molecule has 0 radical (unpaired) electrons. The van der Waals surface area contributed by atoms with Crippen molar-refractivity contribution < 1.29 is 13.3 Å². The Hall–Kier alpha value is -0.710. The first-order chi connectivity index (χ1) is 4.61. The predicted molar refractivity (Wildman–Crippen MR) is 39.5 cm³/mol. The average molecular weight is 160 g/mol. The van der Waals surface area contributed by atoms with Gasteiger partial charge in [0, 0.05) is 0 Å². The average Bonchev–Trinajstić information content (AvgIpc) is 1.88. The summed E-state index contributed by atoms with van der Waals surface area (Å²) in [6.07, 6.45) is 0. The molecular weight excluding hydrogens is 152 g/mol. The zero-order valence-electron chi connectivity index (χ0n) is 5.14. The molecule has 0 saturated carbocycles. The molecule has 56 valence electrons. The second kappa shape index (κ2) is 2.49. The minimum Gasteiger partial charge on any atom is -0.306 e. The summed E-state index contributed by atoms with van der Waals surface area (Å²) in [7, 11) is -4.02. The maximum atomic E-state index is 10.5. The fourth-order valence-corrected chi connectivity index (χ4v) is 1.18. The van der Waals surface area contributed by atoms with Crippen LogP contribution in [-0.4, -0.2) is 13.3 Å². The summed E-state index contributed by atoms with van der Waals surface area (Å²) in [5, 5.41) is 0. The molecule has 3 nitrogen and oxygen atoms in total. The van der Waals surface area contributed by atoms with Crippen molar-refractivity contribution in [1.82, 2.24) is 0 Å². The van der Waals surface area contributed by atoms with Crippen LogP contribution in [0.4, 0.5) is 0 Å². The first-order valence-electron chi connectivity index (χ1n) is 2.72. The van der Waals surface area contributed by atoms with Gasteiger partial charge in [0.05, 0.1) is 15.4 Å². The molecule has 0 aromatic heterocycles. The minimum atomic E-state index is -4.02. The molecule has 0 aliphatic carbocycles. The van der Waals surface area contributed by atoms with E-state index < -0.39 is 10.5 Å². The molecule has 0 fully saturated rings. The largest absolute Gasteiger partial charge is 0.306 e. The van der Waals surface area contributed by atoms with Gasteiger partial charge >= 0.3 is 0 Å². The molecule has 0 bridgehead atoms. The van der Waals surface area contributed by atoms with E-state index in [-0.39, 0.29) is 4.90 Å². The highest BCUT2D eigenvalue weighted by atomic mass is 32.3. The van der Waals surface area contributed by atoms with Gasteiger partial charge in [0.25, 0.3) is 0 Å². The molecule has 0 atom stereocenters. The highest BCUT2D eigenvalue weighted by molar-refractivity contribution is 7.92. The van der Waals surface area contributed by atoms with Gasteiger partial charge in [0.1, 0.15) is 0 Å². The van der Waals surface area contributed by atoms with Crippen molar-refractivity contribution in [3.05, 3.63) is 30.3 Å². The third-order valence-electron chi connectivity index (χ3n) is 1.09. The molecule has 0 saturated heterocycles. The molecule has 1 aromatic carbocycles. The summed E-state index contributed by atoms with van der Waals surface area (Å²) >= 11 is 0. The van der Waals surface area contributed by atoms with E-state index in [1.54, 1.807) is 18.2 Å². The lowest BCUT2D eigenvalue weighted by Gasteiger charge is -2.08. The van der Waals surface area contributed by atoms with Crippen molar-refractivity contribution >= 4 is 10.5 Å². The van der Waals surface area contributed by atoms with Crippen molar-refractivity contribution in [2.45, 2.75) is 4.90 Å². The van der Waals surface area contributed by atoms with E-state index in [2.05, 4.69) is 0 Å². The van der Waals surface area contributed by atoms with Crippen LogP contribution in [0, 0.1) is 0 Å². The Morgan fingerprint density at radius 2 is 1.60 bits per heavy atom. The van der Waals surface area contributed by atoms with E-state index in [4.69, 9.17) is 9.11 Å². The molecule has 1 rings (SSSR count). The van der Waals surface area contributed by atoms with E-state index >= 15 is 0 Å². The zero-order valence-corrected chi connectivity index (χ0v) is 6.03. The Labute approximate surface area is 59.8 Å². The molecule has 0 amide bonds. The van der Waals surface area contributed by atoms with E-state index in [0.29, 0.717) is 0 Å². The molecule has 0 heterocycles. The zero-order chi connectivity index (χ0) is 7.61. The topological polar surface area (TPSA) is 57.5 Å². The summed E-state index contributed by atoms with van der Waals surface area (Å²) < 4.78 is 27.7. The fraction of sp³-hybridized carbons (Fsp3) is 0. The lowest BCUT2D eigenvalue weighted by molar-refractivity contribution is 0.423. The van der Waals surface area contributed by atoms with Crippen LogP contribution >= 0.6 is 0 Å². The van der Waals surface area contributed by atoms with Crippen LogP contribution in [0.1, 0.15) is 0 Å². The minimum absolute atomic E-state index is 0.0648. The molecule has 1 aromatic rings. The maximum absolute atomic E-state index is 10.5. The Morgan fingerprint density at radius 3 is 1.90 bits per heavy atom. The van der Waals surface area contributed by atoms with Crippen molar-refractivity contribution in [3.63, 3.8) is 0 Å². The van der Waals surface area contributed by atoms with Crippen LogP contribution in [0.5, 0.6) is 0 Å². The van der Waals surface area contributed by atoms with Crippen LogP contribution in [0.3, 0.4) is 0 Å². The van der Waals surface area contributed by atoms with Crippen LogP contribution < -0.4 is 0 Å². The lowest BCUT2D eigenvalue weighted by Crippen LogP contribution is -2.07. The third kappa shape index (κ3) is 1.63. The predicted octanol–water partition coefficient (Wildman–Crippen LogP) is 1.01. The Morgan fingerprint density at radius 1 is 1.10 bits per heavy atom. The Balaban J connectivity index is 3.09. The van der Waals surface area contributed by atoms with Crippen molar-refractivity contribution in [2.24, 2.45) is 0 Å². The lowest BCUT2D eigenvalue weighted by atomic mass is 10.4.